The van der Waals surface area contributed by atoms with Crippen molar-refractivity contribution in [3.05, 3.63) is 109 Å². The lowest BCUT2D eigenvalue weighted by Crippen LogP contribution is -2.33. The van der Waals surface area contributed by atoms with E-state index in [1.54, 1.807) is 55.5 Å². The van der Waals surface area contributed by atoms with Crippen molar-refractivity contribution in [2.24, 2.45) is 5.92 Å². The lowest BCUT2D eigenvalue weighted by atomic mass is 9.83. The Balaban J connectivity index is 1.33. The Labute approximate surface area is 263 Å². The molecule has 0 bridgehead atoms. The molecule has 3 amide bonds. The van der Waals surface area contributed by atoms with E-state index in [4.69, 9.17) is 16.3 Å². The number of anilines is 2. The standard InChI is InChI=1S/C31H23ClFN3O6S2/c1-2-42-30(40)17-5-11-20(12-6-17)34-22(37)15-35-29-26(44-31(35)41)23(16-3-9-19(33)10-4-16)24-25(43-29)28(39)36(27(24)38)21-13-7-18(32)8-14-21/h3-14,23-25H,2,15H2,1H3,(H,34,37)/t23-,24-,25+/m0/s1. The number of rotatable bonds is 7. The van der Waals surface area contributed by atoms with Gasteiger partial charge in [0.2, 0.25) is 17.7 Å². The van der Waals surface area contributed by atoms with Gasteiger partial charge in [-0.1, -0.05) is 46.8 Å². The number of benzene rings is 3. The average Bonchev–Trinajstić information content (AvgIpc) is 3.45. The van der Waals surface area contributed by atoms with Crippen molar-refractivity contribution in [3.63, 3.8) is 0 Å². The highest BCUT2D eigenvalue weighted by Gasteiger charge is 2.56. The molecular formula is C31H23ClFN3O6S2. The number of aromatic nitrogens is 1. The van der Waals surface area contributed by atoms with E-state index in [2.05, 4.69) is 5.32 Å². The van der Waals surface area contributed by atoms with E-state index < -0.39 is 51.5 Å². The summed E-state index contributed by atoms with van der Waals surface area (Å²) in [5.74, 6) is -3.93. The van der Waals surface area contributed by atoms with Crippen LogP contribution >= 0.6 is 34.7 Å². The number of carbonyl (C=O) groups excluding carboxylic acids is 4. The highest BCUT2D eigenvalue weighted by Crippen LogP contribution is 2.53. The van der Waals surface area contributed by atoms with Gasteiger partial charge in [0.05, 0.1) is 28.8 Å². The number of thioether (sulfide) groups is 1. The summed E-state index contributed by atoms with van der Waals surface area (Å²) in [4.78, 5) is 67.2. The van der Waals surface area contributed by atoms with E-state index in [0.717, 1.165) is 28.0 Å². The van der Waals surface area contributed by atoms with Gasteiger partial charge in [-0.3, -0.25) is 23.7 Å². The SMILES string of the molecule is CCOC(=O)c1ccc(NC(=O)Cn2c3c(sc2=O)[C@@H](c2ccc(F)cc2)[C@@H]2C(=O)N(c4ccc(Cl)cc4)C(=O)[C@@H]2S3)cc1. The van der Waals surface area contributed by atoms with Gasteiger partial charge in [0.15, 0.2) is 0 Å². The van der Waals surface area contributed by atoms with E-state index in [-0.39, 0.29) is 13.2 Å². The Bertz CT molecular complexity index is 1840. The number of thiazole rings is 1. The number of carbonyl (C=O) groups is 4. The first kappa shape index (κ1) is 29.8. The molecule has 1 fully saturated rings. The molecule has 13 heteroatoms. The van der Waals surface area contributed by atoms with Crippen LogP contribution in [0.3, 0.4) is 0 Å². The highest BCUT2D eigenvalue weighted by atomic mass is 35.5. The molecule has 0 saturated carbocycles. The van der Waals surface area contributed by atoms with Gasteiger partial charge in [0.1, 0.15) is 17.6 Å². The second kappa shape index (κ2) is 12.0. The maximum Gasteiger partial charge on any atom is 0.338 e. The number of amides is 3. The zero-order chi connectivity index (χ0) is 31.1. The van der Waals surface area contributed by atoms with Crippen LogP contribution in [0.5, 0.6) is 0 Å². The van der Waals surface area contributed by atoms with Crippen LogP contribution in [0.2, 0.25) is 5.02 Å². The van der Waals surface area contributed by atoms with Crippen LogP contribution in [0, 0.1) is 11.7 Å². The largest absolute Gasteiger partial charge is 0.462 e. The summed E-state index contributed by atoms with van der Waals surface area (Å²) in [7, 11) is 0. The second-order valence-electron chi connectivity index (χ2n) is 10.1. The molecule has 0 radical (unpaired) electrons. The number of nitrogens with zero attached hydrogens (tertiary/aromatic N) is 2. The fraction of sp³-hybridized carbons (Fsp3) is 0.194. The fourth-order valence-electron chi connectivity index (χ4n) is 5.38. The maximum absolute atomic E-state index is 13.9. The first-order valence-corrected chi connectivity index (χ1v) is 15.6. The molecule has 44 heavy (non-hydrogen) atoms. The summed E-state index contributed by atoms with van der Waals surface area (Å²) in [6.07, 6.45) is 0. The zero-order valence-electron chi connectivity index (χ0n) is 23.0. The Morgan fingerprint density at radius 2 is 1.64 bits per heavy atom. The number of imide groups is 1. The number of nitrogens with one attached hydrogen (secondary N) is 1. The third kappa shape index (κ3) is 5.44. The predicted molar refractivity (Wildman–Crippen MR) is 165 cm³/mol. The quantitative estimate of drug-likeness (QED) is 0.213. The van der Waals surface area contributed by atoms with Crippen molar-refractivity contribution in [1.29, 1.82) is 0 Å². The van der Waals surface area contributed by atoms with Gasteiger partial charge < -0.3 is 10.1 Å². The van der Waals surface area contributed by atoms with E-state index >= 15 is 0 Å². The molecule has 3 heterocycles. The zero-order valence-corrected chi connectivity index (χ0v) is 25.4. The van der Waals surface area contributed by atoms with E-state index in [0.29, 0.717) is 37.4 Å². The molecule has 9 nitrogen and oxygen atoms in total. The number of hydrogen-bond donors (Lipinski definition) is 1. The van der Waals surface area contributed by atoms with Gasteiger partial charge in [0, 0.05) is 21.5 Å². The molecule has 2 aliphatic rings. The van der Waals surface area contributed by atoms with Crippen LogP contribution in [0.25, 0.3) is 0 Å². The molecule has 0 unspecified atom stereocenters. The van der Waals surface area contributed by atoms with Gasteiger partial charge in [-0.2, -0.15) is 0 Å². The first-order valence-electron chi connectivity index (χ1n) is 13.5. The van der Waals surface area contributed by atoms with Crippen molar-refractivity contribution in [1.82, 2.24) is 4.57 Å². The lowest BCUT2D eigenvalue weighted by molar-refractivity contribution is -0.122. The molecule has 4 aromatic rings. The lowest BCUT2D eigenvalue weighted by Gasteiger charge is -2.30. The number of fused-ring (bicyclic) bond motifs is 2. The van der Waals surface area contributed by atoms with E-state index in [1.165, 1.54) is 28.8 Å². The second-order valence-corrected chi connectivity index (χ2v) is 12.6. The van der Waals surface area contributed by atoms with Crippen molar-refractivity contribution in [2.45, 2.75) is 29.7 Å². The van der Waals surface area contributed by atoms with Crippen molar-refractivity contribution in [2.75, 3.05) is 16.8 Å². The van der Waals surface area contributed by atoms with Gasteiger partial charge in [0.25, 0.3) is 0 Å². The van der Waals surface area contributed by atoms with Crippen LogP contribution < -0.4 is 15.1 Å². The van der Waals surface area contributed by atoms with Crippen molar-refractivity contribution >= 4 is 69.8 Å². The molecule has 0 spiro atoms. The summed E-state index contributed by atoms with van der Waals surface area (Å²) in [5, 5.41) is 2.68. The highest BCUT2D eigenvalue weighted by molar-refractivity contribution is 8.00. The van der Waals surface area contributed by atoms with Crippen LogP contribution in [-0.2, 0) is 25.7 Å². The Kier molecular flexibility index (Phi) is 8.14. The molecule has 2 aliphatic heterocycles. The predicted octanol–water partition coefficient (Wildman–Crippen LogP) is 5.31. The van der Waals surface area contributed by atoms with Gasteiger partial charge in [-0.25, -0.2) is 14.1 Å². The number of ether oxygens (including phenoxy) is 1. The Morgan fingerprint density at radius 3 is 2.30 bits per heavy atom. The maximum atomic E-state index is 13.9. The van der Waals surface area contributed by atoms with Gasteiger partial charge >= 0.3 is 10.8 Å². The molecule has 1 N–H and O–H groups in total. The smallest absolute Gasteiger partial charge is 0.338 e. The van der Waals surface area contributed by atoms with E-state index in [9.17, 15) is 28.4 Å². The number of esters is 1. The molecule has 0 aliphatic carbocycles. The van der Waals surface area contributed by atoms with E-state index in [1.807, 2.05) is 0 Å². The van der Waals surface area contributed by atoms with Crippen LogP contribution in [0.15, 0.2) is 82.6 Å². The van der Waals surface area contributed by atoms with Crippen LogP contribution in [0.1, 0.15) is 33.6 Å². The molecular weight excluding hydrogens is 629 g/mol. The minimum absolute atomic E-state index is 0.234. The summed E-state index contributed by atoms with van der Waals surface area (Å²) in [5.41, 5.74) is 1.68. The van der Waals surface area contributed by atoms with Crippen molar-refractivity contribution in [3.8, 4) is 0 Å². The Hall–Kier alpha value is -4.26. The Morgan fingerprint density at radius 1 is 0.955 bits per heavy atom. The topological polar surface area (TPSA) is 115 Å². The monoisotopic (exact) mass is 651 g/mol. The minimum Gasteiger partial charge on any atom is -0.462 e. The molecule has 3 atom stereocenters. The summed E-state index contributed by atoms with van der Waals surface area (Å²) in [6.45, 7) is 1.58. The fourth-order valence-corrected chi connectivity index (χ4v) is 8.28. The third-order valence-electron chi connectivity index (χ3n) is 7.34. The normalized spacial score (nSPS) is 19.0. The molecule has 1 saturated heterocycles. The van der Waals surface area contributed by atoms with Crippen LogP contribution in [0.4, 0.5) is 15.8 Å². The summed E-state index contributed by atoms with van der Waals surface area (Å²) < 4.78 is 20.2. The van der Waals surface area contributed by atoms with Crippen LogP contribution in [-0.4, -0.2) is 40.1 Å². The molecule has 3 aromatic carbocycles. The first-order chi connectivity index (χ1) is 21.2. The molecule has 1 aromatic heterocycles. The number of halogens is 2. The van der Waals surface area contributed by atoms with Gasteiger partial charge in [-0.05, 0) is 73.2 Å². The van der Waals surface area contributed by atoms with Crippen molar-refractivity contribution < 1.29 is 28.3 Å². The minimum atomic E-state index is -0.889. The molecule has 224 valence electrons. The third-order valence-corrected chi connectivity index (χ3v) is 10.2. The molecule has 6 rings (SSSR count). The average molecular weight is 652 g/mol. The van der Waals surface area contributed by atoms with Gasteiger partial charge in [-0.15, -0.1) is 0 Å². The number of hydrogen-bond acceptors (Lipinski definition) is 8. The summed E-state index contributed by atoms with van der Waals surface area (Å²) >= 11 is 8.00. The summed E-state index contributed by atoms with van der Waals surface area (Å²) in [6, 6.07) is 18.1.